The van der Waals surface area contributed by atoms with Gasteiger partial charge < -0.3 is 15.8 Å². The van der Waals surface area contributed by atoms with E-state index in [0.717, 1.165) is 6.42 Å². The molecule has 0 amide bonds. The average Bonchev–Trinajstić information content (AvgIpc) is 2.65. The Kier molecular flexibility index (Phi) is 5.66. The van der Waals surface area contributed by atoms with Crippen molar-refractivity contribution in [1.29, 1.82) is 0 Å². The van der Waals surface area contributed by atoms with Crippen LogP contribution in [0.1, 0.15) is 13.3 Å². The van der Waals surface area contributed by atoms with Crippen LogP contribution in [-0.4, -0.2) is 34.3 Å². The Morgan fingerprint density at radius 3 is 2.67 bits per heavy atom. The highest BCUT2D eigenvalue weighted by atomic mass is 19.1. The van der Waals surface area contributed by atoms with Crippen LogP contribution >= 0.6 is 0 Å². The highest BCUT2D eigenvalue weighted by Crippen LogP contribution is 2.25. The Hall–Kier alpha value is -3.00. The van der Waals surface area contributed by atoms with E-state index >= 15 is 0 Å². The van der Waals surface area contributed by atoms with Crippen LogP contribution in [0.2, 0.25) is 0 Å². The molecule has 142 valence electrons. The molecule has 1 aromatic carbocycles. The molecule has 0 unspecified atom stereocenters. The lowest BCUT2D eigenvalue weighted by Crippen LogP contribution is -2.21. The lowest BCUT2D eigenvalue weighted by molar-refractivity contribution is 0.144. The summed E-state index contributed by atoms with van der Waals surface area (Å²) < 4.78 is 20.1. The van der Waals surface area contributed by atoms with Gasteiger partial charge >= 0.3 is 0 Å². The van der Waals surface area contributed by atoms with E-state index in [1.54, 1.807) is 25.2 Å². The molecule has 0 saturated heterocycles. The number of hydrogen-bond donors (Lipinski definition) is 2. The molecule has 3 aromatic rings. The van der Waals surface area contributed by atoms with Gasteiger partial charge in [0.2, 0.25) is 5.95 Å². The van der Waals surface area contributed by atoms with Crippen LogP contribution in [0, 0.1) is 5.82 Å². The predicted molar refractivity (Wildman–Crippen MR) is 104 cm³/mol. The third-order valence-electron chi connectivity index (χ3n) is 4.13. The van der Waals surface area contributed by atoms with E-state index in [0.29, 0.717) is 47.7 Å². The summed E-state index contributed by atoms with van der Waals surface area (Å²) in [6.45, 7) is 3.80. The van der Waals surface area contributed by atoms with Crippen molar-refractivity contribution >= 4 is 22.8 Å². The third kappa shape index (κ3) is 4.06. The minimum atomic E-state index is -0.359. The van der Waals surface area contributed by atoms with E-state index in [-0.39, 0.29) is 17.3 Å². The molecule has 0 aliphatic heterocycles. The van der Waals surface area contributed by atoms with Gasteiger partial charge in [0.15, 0.2) is 0 Å². The maximum atomic E-state index is 13.2. The first-order valence-electron chi connectivity index (χ1n) is 8.76. The summed E-state index contributed by atoms with van der Waals surface area (Å²) in [6.07, 6.45) is 0.951. The number of nitrogen functional groups attached to an aromatic ring is 1. The van der Waals surface area contributed by atoms with Crippen LogP contribution in [0.4, 0.5) is 16.2 Å². The maximum Gasteiger partial charge on any atom is 0.259 e. The van der Waals surface area contributed by atoms with E-state index in [1.165, 1.54) is 16.7 Å². The van der Waals surface area contributed by atoms with E-state index in [9.17, 15) is 9.18 Å². The molecule has 0 spiro atoms. The van der Waals surface area contributed by atoms with Crippen molar-refractivity contribution in [2.24, 2.45) is 7.05 Å². The minimum Gasteiger partial charge on any atom is -0.380 e. The van der Waals surface area contributed by atoms with Crippen molar-refractivity contribution in [2.75, 3.05) is 30.8 Å². The number of nitrogens with one attached hydrogen (secondary N) is 1. The van der Waals surface area contributed by atoms with E-state index in [4.69, 9.17) is 10.5 Å². The fraction of sp³-hybridized carbons (Fsp3) is 0.316. The van der Waals surface area contributed by atoms with E-state index < -0.39 is 0 Å². The van der Waals surface area contributed by atoms with E-state index in [1.807, 2.05) is 6.92 Å². The molecule has 3 N–H and O–H groups in total. The maximum absolute atomic E-state index is 13.2. The van der Waals surface area contributed by atoms with Crippen LogP contribution in [-0.2, 0) is 11.8 Å². The van der Waals surface area contributed by atoms with Crippen molar-refractivity contribution in [3.05, 3.63) is 46.5 Å². The van der Waals surface area contributed by atoms with Gasteiger partial charge in [0.25, 0.3) is 5.56 Å². The van der Waals surface area contributed by atoms with Crippen molar-refractivity contribution in [1.82, 2.24) is 14.5 Å². The van der Waals surface area contributed by atoms with E-state index in [2.05, 4.69) is 15.3 Å². The number of anilines is 2. The molecule has 7 nitrogen and oxygen atoms in total. The normalized spacial score (nSPS) is 11.1. The number of nitrogens with two attached hydrogens (primary N) is 1. The van der Waals surface area contributed by atoms with Gasteiger partial charge in [-0.05, 0) is 30.2 Å². The highest BCUT2D eigenvalue weighted by molar-refractivity contribution is 5.91. The van der Waals surface area contributed by atoms with Crippen molar-refractivity contribution < 1.29 is 9.13 Å². The summed E-state index contributed by atoms with van der Waals surface area (Å²) in [6, 6.07) is 7.49. The fourth-order valence-corrected chi connectivity index (χ4v) is 2.80. The van der Waals surface area contributed by atoms with Gasteiger partial charge in [0.05, 0.1) is 12.0 Å². The predicted octanol–water partition coefficient (Wildman–Crippen LogP) is 2.56. The first kappa shape index (κ1) is 18.8. The number of ether oxygens (including phenoxy) is 1. The molecule has 27 heavy (non-hydrogen) atoms. The lowest BCUT2D eigenvalue weighted by Gasteiger charge is -2.13. The van der Waals surface area contributed by atoms with Gasteiger partial charge in [-0.15, -0.1) is 0 Å². The number of hydrogen-bond acceptors (Lipinski definition) is 6. The number of pyridine rings is 1. The molecule has 8 heteroatoms. The number of benzene rings is 1. The second-order valence-corrected chi connectivity index (χ2v) is 6.14. The monoisotopic (exact) mass is 371 g/mol. The molecule has 0 bridgehead atoms. The first-order chi connectivity index (χ1) is 13.0. The molecule has 2 aromatic heterocycles. The van der Waals surface area contributed by atoms with Crippen molar-refractivity contribution in [3.63, 3.8) is 0 Å². The van der Waals surface area contributed by atoms with Gasteiger partial charge in [0.1, 0.15) is 17.3 Å². The quantitative estimate of drug-likeness (QED) is 0.620. The number of fused-ring (bicyclic) bond motifs is 1. The van der Waals surface area contributed by atoms with Crippen LogP contribution in [0.25, 0.3) is 22.2 Å². The van der Waals surface area contributed by atoms with Crippen LogP contribution in [0.3, 0.4) is 0 Å². The van der Waals surface area contributed by atoms with Gasteiger partial charge in [-0.2, -0.15) is 9.97 Å². The SMILES string of the molecule is CCCOCCNc1nc(N)nc2c1cc(-c1ccc(F)cc1)c(=O)n2C. The Bertz CT molecular complexity index is 1000. The number of nitrogens with zero attached hydrogens (tertiary/aromatic N) is 3. The third-order valence-corrected chi connectivity index (χ3v) is 4.13. The number of aromatic nitrogens is 3. The summed E-state index contributed by atoms with van der Waals surface area (Å²) in [7, 11) is 1.62. The molecule has 0 aliphatic rings. The zero-order valence-corrected chi connectivity index (χ0v) is 15.3. The molecule has 0 radical (unpaired) electrons. The zero-order valence-electron chi connectivity index (χ0n) is 15.3. The summed E-state index contributed by atoms with van der Waals surface area (Å²) in [5.74, 6) is 0.238. The van der Waals surface area contributed by atoms with Gasteiger partial charge in [-0.1, -0.05) is 19.1 Å². The Labute approximate surface area is 156 Å². The molecule has 0 saturated carbocycles. The summed E-state index contributed by atoms with van der Waals surface area (Å²) in [4.78, 5) is 21.2. The number of aryl methyl sites for hydroxylation is 1. The van der Waals surface area contributed by atoms with Crippen LogP contribution in [0.15, 0.2) is 35.1 Å². The molecule has 2 heterocycles. The zero-order chi connectivity index (χ0) is 19.4. The number of halogens is 1. The fourth-order valence-electron chi connectivity index (χ4n) is 2.80. The highest BCUT2D eigenvalue weighted by Gasteiger charge is 2.14. The topological polar surface area (TPSA) is 95.1 Å². The van der Waals surface area contributed by atoms with Gasteiger partial charge in [-0.25, -0.2) is 4.39 Å². The van der Waals surface area contributed by atoms with Gasteiger partial charge in [-0.3, -0.25) is 9.36 Å². The minimum absolute atomic E-state index is 0.0732. The van der Waals surface area contributed by atoms with Crippen molar-refractivity contribution in [2.45, 2.75) is 13.3 Å². The van der Waals surface area contributed by atoms with Crippen LogP contribution in [0.5, 0.6) is 0 Å². The summed E-state index contributed by atoms with van der Waals surface area (Å²) >= 11 is 0. The number of rotatable bonds is 7. The van der Waals surface area contributed by atoms with Crippen LogP contribution < -0.4 is 16.6 Å². The lowest BCUT2D eigenvalue weighted by atomic mass is 10.1. The Morgan fingerprint density at radius 1 is 1.22 bits per heavy atom. The first-order valence-corrected chi connectivity index (χ1v) is 8.76. The Morgan fingerprint density at radius 2 is 1.96 bits per heavy atom. The second kappa shape index (κ2) is 8.13. The second-order valence-electron chi connectivity index (χ2n) is 6.14. The summed E-state index contributed by atoms with van der Waals surface area (Å²) in [5, 5.41) is 3.84. The van der Waals surface area contributed by atoms with Crippen molar-refractivity contribution in [3.8, 4) is 11.1 Å². The van der Waals surface area contributed by atoms with Gasteiger partial charge in [0, 0.05) is 25.8 Å². The molecule has 0 aliphatic carbocycles. The molecular weight excluding hydrogens is 349 g/mol. The summed E-state index contributed by atoms with van der Waals surface area (Å²) in [5.41, 5.74) is 7.04. The largest absolute Gasteiger partial charge is 0.380 e. The smallest absolute Gasteiger partial charge is 0.259 e. The molecular formula is C19H22FN5O2. The molecule has 0 fully saturated rings. The average molecular weight is 371 g/mol. The standard InChI is InChI=1S/C19H22FN5O2/c1-3-9-27-10-8-22-16-15-11-14(12-4-6-13(20)7-5-12)18(26)25(2)17(15)24-19(21)23-16/h4-7,11H,3,8-10H2,1-2H3,(H3,21,22,23,24). The molecule has 0 atom stereocenters. The molecule has 3 rings (SSSR count). The Balaban J connectivity index is 2.05.